The molecule has 0 atom stereocenters. The molecule has 10 nitrogen and oxygen atoms in total. The molecule has 5 aromatic rings. The van der Waals surface area contributed by atoms with E-state index in [9.17, 15) is 19.1 Å². The molecule has 1 aliphatic rings. The second-order valence-corrected chi connectivity index (χ2v) is 10.1. The summed E-state index contributed by atoms with van der Waals surface area (Å²) in [6, 6.07) is 18.3. The van der Waals surface area contributed by atoms with Crippen molar-refractivity contribution in [1.29, 1.82) is 0 Å². The molecule has 0 saturated carbocycles. The topological polar surface area (TPSA) is 115 Å². The van der Waals surface area contributed by atoms with Crippen LogP contribution < -0.4 is 10.3 Å². The van der Waals surface area contributed by atoms with Crippen molar-refractivity contribution in [2.24, 2.45) is 0 Å². The zero-order valence-corrected chi connectivity index (χ0v) is 22.1. The Kier molecular flexibility index (Phi) is 7.02. The minimum atomic E-state index is -1.19. The monoisotopic (exact) mass is 554 g/mol. The average Bonchev–Trinajstić information content (AvgIpc) is 3.44. The summed E-state index contributed by atoms with van der Waals surface area (Å²) in [7, 11) is 0. The van der Waals surface area contributed by atoms with Crippen LogP contribution >= 0.6 is 0 Å². The van der Waals surface area contributed by atoms with Crippen LogP contribution in [0.15, 0.2) is 90.2 Å². The fourth-order valence-electron chi connectivity index (χ4n) is 4.97. The van der Waals surface area contributed by atoms with Gasteiger partial charge in [0.25, 0.3) is 11.5 Å². The van der Waals surface area contributed by atoms with E-state index in [-0.39, 0.29) is 30.9 Å². The van der Waals surface area contributed by atoms with E-state index in [0.717, 1.165) is 5.69 Å². The van der Waals surface area contributed by atoms with E-state index in [0.29, 0.717) is 47.7 Å². The predicted molar refractivity (Wildman–Crippen MR) is 148 cm³/mol. The molecule has 1 saturated heterocycles. The van der Waals surface area contributed by atoms with Crippen LogP contribution in [-0.2, 0) is 13.2 Å². The summed E-state index contributed by atoms with van der Waals surface area (Å²) < 4.78 is 22.0. The van der Waals surface area contributed by atoms with Crippen molar-refractivity contribution >= 4 is 16.9 Å². The molecular weight excluding hydrogens is 527 g/mol. The Morgan fingerprint density at radius 3 is 2.59 bits per heavy atom. The maximum atomic E-state index is 13.3. The third-order valence-corrected chi connectivity index (χ3v) is 7.27. The van der Waals surface area contributed by atoms with Crippen LogP contribution in [0.4, 0.5) is 4.39 Å². The second-order valence-electron chi connectivity index (χ2n) is 10.1. The molecule has 0 bridgehead atoms. The van der Waals surface area contributed by atoms with Gasteiger partial charge in [-0.15, -0.1) is 0 Å². The van der Waals surface area contributed by atoms with Gasteiger partial charge < -0.3 is 14.7 Å². The normalized spacial score (nSPS) is 14.7. The van der Waals surface area contributed by atoms with Crippen LogP contribution in [-0.4, -0.2) is 58.9 Å². The van der Waals surface area contributed by atoms with Crippen molar-refractivity contribution in [3.05, 3.63) is 113 Å². The van der Waals surface area contributed by atoms with Crippen molar-refractivity contribution in [3.63, 3.8) is 0 Å². The third kappa shape index (κ3) is 5.57. The number of rotatable bonds is 7. The Labute approximate surface area is 234 Å². The predicted octanol–water partition coefficient (Wildman–Crippen LogP) is 3.36. The minimum Gasteiger partial charge on any atom is -0.487 e. The van der Waals surface area contributed by atoms with Gasteiger partial charge in [-0.2, -0.15) is 5.10 Å². The van der Waals surface area contributed by atoms with Gasteiger partial charge in [-0.05, 0) is 61.4 Å². The van der Waals surface area contributed by atoms with E-state index in [1.807, 2.05) is 42.5 Å². The Balaban J connectivity index is 1.15. The molecule has 2 aromatic carbocycles. The van der Waals surface area contributed by atoms with Crippen LogP contribution in [0.2, 0.25) is 0 Å². The number of halogens is 1. The molecule has 11 heteroatoms. The molecule has 41 heavy (non-hydrogen) atoms. The zero-order valence-electron chi connectivity index (χ0n) is 22.1. The number of aromatic nitrogens is 5. The summed E-state index contributed by atoms with van der Waals surface area (Å²) in [5.41, 5.74) is 0.761. The zero-order chi connectivity index (χ0) is 28.4. The Hall–Kier alpha value is -4.90. The Morgan fingerprint density at radius 2 is 1.83 bits per heavy atom. The largest absolute Gasteiger partial charge is 0.487 e. The molecule has 0 spiro atoms. The first-order valence-corrected chi connectivity index (χ1v) is 13.2. The molecule has 208 valence electrons. The second kappa shape index (κ2) is 10.9. The minimum absolute atomic E-state index is 0.0371. The number of nitrogens with zero attached hydrogens (tertiary/aromatic N) is 6. The van der Waals surface area contributed by atoms with Crippen LogP contribution in [0.25, 0.3) is 16.7 Å². The molecule has 4 heterocycles. The van der Waals surface area contributed by atoms with Crippen molar-refractivity contribution in [2.75, 3.05) is 13.1 Å². The lowest BCUT2D eigenvalue weighted by atomic mass is 9.91. The van der Waals surface area contributed by atoms with Gasteiger partial charge in [0, 0.05) is 30.9 Å². The van der Waals surface area contributed by atoms with Gasteiger partial charge >= 0.3 is 0 Å². The summed E-state index contributed by atoms with van der Waals surface area (Å²) in [5.74, 6) is -0.00203. The number of hydrogen-bond donors (Lipinski definition) is 1. The molecule has 0 radical (unpaired) electrons. The number of carbonyl (C=O) groups excluding carboxylic acids is 1. The van der Waals surface area contributed by atoms with E-state index >= 15 is 0 Å². The van der Waals surface area contributed by atoms with Gasteiger partial charge in [-0.25, -0.2) is 14.1 Å². The summed E-state index contributed by atoms with van der Waals surface area (Å²) in [5, 5.41) is 16.0. The van der Waals surface area contributed by atoms with Crippen molar-refractivity contribution in [2.45, 2.75) is 31.6 Å². The first-order chi connectivity index (χ1) is 19.9. The molecule has 1 aliphatic heterocycles. The van der Waals surface area contributed by atoms with Gasteiger partial charge in [0.05, 0.1) is 29.7 Å². The van der Waals surface area contributed by atoms with E-state index in [1.54, 1.807) is 15.8 Å². The quantitative estimate of drug-likeness (QED) is 0.328. The molecule has 6 rings (SSSR count). The average molecular weight is 555 g/mol. The first kappa shape index (κ1) is 26.3. The molecule has 0 aliphatic carbocycles. The smallest absolute Gasteiger partial charge is 0.264 e. The highest BCUT2D eigenvalue weighted by Crippen LogP contribution is 2.26. The van der Waals surface area contributed by atoms with E-state index in [2.05, 4.69) is 15.1 Å². The molecule has 1 amide bonds. The number of amides is 1. The van der Waals surface area contributed by atoms with Crippen molar-refractivity contribution in [3.8, 4) is 11.4 Å². The number of likely N-dealkylation sites (tertiary alicyclic amines) is 1. The number of benzene rings is 2. The third-order valence-electron chi connectivity index (χ3n) is 7.27. The number of ether oxygens (including phenoxy) is 1. The van der Waals surface area contributed by atoms with Crippen LogP contribution in [0.1, 0.15) is 28.9 Å². The Morgan fingerprint density at radius 1 is 1.02 bits per heavy atom. The van der Waals surface area contributed by atoms with E-state index in [4.69, 9.17) is 4.74 Å². The fraction of sp³-hybridized carbons (Fsp3) is 0.233. The van der Waals surface area contributed by atoms with Crippen molar-refractivity contribution in [1.82, 2.24) is 29.2 Å². The maximum absolute atomic E-state index is 13.3. The van der Waals surface area contributed by atoms with E-state index < -0.39 is 11.4 Å². The van der Waals surface area contributed by atoms with Gasteiger partial charge in [-0.1, -0.05) is 12.1 Å². The standard InChI is InChI=1S/C30H27FN6O4/c31-22-9-7-21(8-10-22)28(38)35-14-11-30(40,12-15-35)19-36-20-33-27-26(29(36)39)17-34-37(27)24-5-3-6-25(16-24)41-18-23-4-1-2-13-32-23/h1-10,13,16-17,20,40H,11-12,14-15,18-19H2. The highest BCUT2D eigenvalue weighted by Gasteiger charge is 2.35. The van der Waals surface area contributed by atoms with Crippen molar-refractivity contribution < 1.29 is 19.0 Å². The molecular formula is C30H27FN6O4. The van der Waals surface area contributed by atoms with Gasteiger partial charge in [0.1, 0.15) is 29.9 Å². The summed E-state index contributed by atoms with van der Waals surface area (Å²) >= 11 is 0. The number of carbonyl (C=O) groups is 1. The Bertz CT molecular complexity index is 1740. The number of pyridine rings is 1. The molecule has 0 unspecified atom stereocenters. The lowest BCUT2D eigenvalue weighted by Gasteiger charge is -2.38. The summed E-state index contributed by atoms with van der Waals surface area (Å²) in [4.78, 5) is 36.5. The lowest BCUT2D eigenvalue weighted by Crippen LogP contribution is -2.49. The van der Waals surface area contributed by atoms with Gasteiger partial charge in [-0.3, -0.25) is 19.1 Å². The number of aliphatic hydroxyl groups is 1. The van der Waals surface area contributed by atoms with Gasteiger partial charge in [0.15, 0.2) is 5.65 Å². The van der Waals surface area contributed by atoms with Gasteiger partial charge in [0.2, 0.25) is 0 Å². The molecule has 3 aromatic heterocycles. The summed E-state index contributed by atoms with van der Waals surface area (Å²) in [6.07, 6.45) is 5.17. The van der Waals surface area contributed by atoms with Crippen LogP contribution in [0, 0.1) is 5.82 Å². The maximum Gasteiger partial charge on any atom is 0.264 e. The highest BCUT2D eigenvalue weighted by atomic mass is 19.1. The first-order valence-electron chi connectivity index (χ1n) is 13.2. The summed E-state index contributed by atoms with van der Waals surface area (Å²) in [6.45, 7) is 0.977. The van der Waals surface area contributed by atoms with Crippen LogP contribution in [0.5, 0.6) is 5.75 Å². The molecule has 1 fully saturated rings. The van der Waals surface area contributed by atoms with E-state index in [1.165, 1.54) is 41.4 Å². The lowest BCUT2D eigenvalue weighted by molar-refractivity contribution is -0.0299. The SMILES string of the molecule is O=C(c1ccc(F)cc1)N1CCC(O)(Cn2cnc3c(cnn3-c3cccc(OCc4ccccn4)c3)c2=O)CC1. The molecule has 1 N–H and O–H groups in total. The fourth-order valence-corrected chi connectivity index (χ4v) is 4.97. The number of piperidine rings is 1. The van der Waals surface area contributed by atoms with Crippen LogP contribution in [0.3, 0.4) is 0 Å². The number of fused-ring (bicyclic) bond motifs is 1. The number of hydrogen-bond acceptors (Lipinski definition) is 7. The highest BCUT2D eigenvalue weighted by molar-refractivity contribution is 5.94.